The largest absolute Gasteiger partial charge is 0.545 e. The molecule has 2 aromatic rings. The summed E-state index contributed by atoms with van der Waals surface area (Å²) in [5.41, 5.74) is -0.555. The average Bonchev–Trinajstić information content (AvgIpc) is 2.61. The van der Waals surface area contributed by atoms with Gasteiger partial charge in [0.2, 0.25) is 5.91 Å². The second-order valence-corrected chi connectivity index (χ2v) is 6.81. The van der Waals surface area contributed by atoms with Crippen molar-refractivity contribution in [3.8, 4) is 0 Å². The van der Waals surface area contributed by atoms with E-state index >= 15 is 0 Å². The third kappa shape index (κ3) is 3.75. The molecule has 1 aliphatic heterocycles. The molecule has 0 fully saturated rings. The molecule has 2 aromatic carbocycles. The predicted octanol–water partition coefficient (Wildman–Crippen LogP) is 3.90. The molecule has 1 heterocycles. The van der Waals surface area contributed by atoms with Crippen molar-refractivity contribution in [1.29, 1.82) is 0 Å². The van der Waals surface area contributed by atoms with E-state index in [1.807, 2.05) is 0 Å². The van der Waals surface area contributed by atoms with Gasteiger partial charge in [0.1, 0.15) is 0 Å². The Bertz CT molecular complexity index is 967. The van der Waals surface area contributed by atoms with Gasteiger partial charge in [-0.05, 0) is 42.8 Å². The number of aliphatic carboxylic acids is 1. The molecular weight excluding hydrogens is 395 g/mol. The number of rotatable bonds is 3. The van der Waals surface area contributed by atoms with Gasteiger partial charge >= 0.3 is 6.18 Å². The lowest BCUT2D eigenvalue weighted by Gasteiger charge is -2.36. The first kappa shape index (κ1) is 19.9. The molecule has 0 saturated heterocycles. The number of anilines is 1. The van der Waals surface area contributed by atoms with E-state index in [2.05, 4.69) is 0 Å². The first-order valence-electron chi connectivity index (χ1n) is 8.27. The van der Waals surface area contributed by atoms with E-state index in [1.165, 1.54) is 19.1 Å². The summed E-state index contributed by atoms with van der Waals surface area (Å²) in [7, 11) is 0. The van der Waals surface area contributed by atoms with Gasteiger partial charge in [0, 0.05) is 34.3 Å². The Morgan fingerprint density at radius 3 is 2.39 bits per heavy atom. The zero-order valence-electron chi connectivity index (χ0n) is 14.6. The fourth-order valence-corrected chi connectivity index (χ4v) is 3.48. The highest BCUT2D eigenvalue weighted by Crippen LogP contribution is 2.40. The summed E-state index contributed by atoms with van der Waals surface area (Å²) in [6.45, 7) is 1.38. The molecule has 0 bridgehead atoms. The van der Waals surface area contributed by atoms with E-state index in [0.717, 1.165) is 17.0 Å². The summed E-state index contributed by atoms with van der Waals surface area (Å²) in [6.07, 6.45) is -4.81. The number of carbonyl (C=O) groups is 2. The lowest BCUT2D eigenvalue weighted by molar-refractivity contribution is -0.299. The average molecular weight is 409 g/mol. The molecule has 4 nitrogen and oxygen atoms in total. The van der Waals surface area contributed by atoms with Crippen LogP contribution < -0.4 is 10.0 Å². The van der Waals surface area contributed by atoms with Crippen LogP contribution in [0.25, 0.3) is 0 Å². The van der Waals surface area contributed by atoms with Crippen LogP contribution >= 0.6 is 11.6 Å². The number of hydrogen-bond acceptors (Lipinski definition) is 3. The molecule has 28 heavy (non-hydrogen) atoms. The monoisotopic (exact) mass is 408 g/mol. The van der Waals surface area contributed by atoms with Crippen LogP contribution in [0.1, 0.15) is 30.4 Å². The van der Waals surface area contributed by atoms with Gasteiger partial charge in [-0.1, -0.05) is 29.8 Å². The number of carbonyl (C=O) groups excluding carboxylic acids is 2. The van der Waals surface area contributed by atoms with Gasteiger partial charge in [-0.15, -0.1) is 0 Å². The standard InChI is InChI=1S/C20H15ClF3NO3/c1-11-18(19(27)28)16(12-5-7-14(21)8-6-12)10-17(26)25(11)15-4-2-3-13(9-15)20(22,23)24/h2-9,16H,10H2,1H3,(H,27,28)/p-1. The molecule has 3 rings (SSSR count). The maximum Gasteiger partial charge on any atom is 0.416 e. The van der Waals surface area contributed by atoms with E-state index < -0.39 is 29.5 Å². The lowest BCUT2D eigenvalue weighted by atomic mass is 9.83. The molecule has 0 radical (unpaired) electrons. The fourth-order valence-electron chi connectivity index (χ4n) is 3.36. The van der Waals surface area contributed by atoms with E-state index in [0.29, 0.717) is 10.6 Å². The highest BCUT2D eigenvalue weighted by molar-refractivity contribution is 6.30. The molecule has 146 valence electrons. The number of amides is 1. The first-order valence-corrected chi connectivity index (χ1v) is 8.65. The Kier molecular flexibility index (Phi) is 5.21. The topological polar surface area (TPSA) is 60.4 Å². The Labute approximate surface area is 163 Å². The molecule has 0 spiro atoms. The highest BCUT2D eigenvalue weighted by Gasteiger charge is 2.36. The maximum atomic E-state index is 13.0. The van der Waals surface area contributed by atoms with Crippen LogP contribution in [0.4, 0.5) is 18.9 Å². The highest BCUT2D eigenvalue weighted by atomic mass is 35.5. The van der Waals surface area contributed by atoms with Gasteiger partial charge < -0.3 is 9.90 Å². The van der Waals surface area contributed by atoms with Crippen LogP contribution in [0.5, 0.6) is 0 Å². The summed E-state index contributed by atoms with van der Waals surface area (Å²) in [5, 5.41) is 12.3. The number of benzene rings is 2. The Hall–Kier alpha value is -2.80. The van der Waals surface area contributed by atoms with E-state index in [4.69, 9.17) is 11.6 Å². The fraction of sp³-hybridized carbons (Fsp3) is 0.200. The number of alkyl halides is 3. The summed E-state index contributed by atoms with van der Waals surface area (Å²) in [5.74, 6) is -2.78. The summed E-state index contributed by atoms with van der Waals surface area (Å²) >= 11 is 5.85. The molecule has 0 aromatic heterocycles. The number of nitrogens with zero attached hydrogens (tertiary/aromatic N) is 1. The molecule has 8 heteroatoms. The number of allylic oxidation sites excluding steroid dienone is 1. The quantitative estimate of drug-likeness (QED) is 0.773. The molecule has 1 aliphatic rings. The Morgan fingerprint density at radius 2 is 1.82 bits per heavy atom. The smallest absolute Gasteiger partial charge is 0.416 e. The van der Waals surface area contributed by atoms with Gasteiger partial charge in [-0.25, -0.2) is 0 Å². The minimum atomic E-state index is -4.59. The Morgan fingerprint density at radius 1 is 1.18 bits per heavy atom. The minimum Gasteiger partial charge on any atom is -0.545 e. The first-order chi connectivity index (χ1) is 13.1. The van der Waals surface area contributed by atoms with Crippen LogP contribution in [0.15, 0.2) is 59.8 Å². The molecule has 0 saturated carbocycles. The molecular formula is C20H14ClF3NO3-. The van der Waals surface area contributed by atoms with Crippen molar-refractivity contribution < 1.29 is 27.9 Å². The van der Waals surface area contributed by atoms with Crippen molar-refractivity contribution >= 4 is 29.2 Å². The van der Waals surface area contributed by atoms with E-state index in [1.54, 1.807) is 24.3 Å². The van der Waals surface area contributed by atoms with Crippen molar-refractivity contribution in [3.05, 3.63) is 76.0 Å². The molecule has 1 unspecified atom stereocenters. The lowest BCUT2D eigenvalue weighted by Crippen LogP contribution is -2.41. The van der Waals surface area contributed by atoms with Gasteiger partial charge in [0.15, 0.2) is 0 Å². The summed E-state index contributed by atoms with van der Waals surface area (Å²) in [4.78, 5) is 25.6. The second-order valence-electron chi connectivity index (χ2n) is 6.37. The molecule has 0 aliphatic carbocycles. The zero-order valence-corrected chi connectivity index (χ0v) is 15.3. The van der Waals surface area contributed by atoms with Gasteiger partial charge in [0.25, 0.3) is 0 Å². The van der Waals surface area contributed by atoms with Crippen molar-refractivity contribution in [2.24, 2.45) is 0 Å². The van der Waals surface area contributed by atoms with Gasteiger partial charge in [0.05, 0.1) is 11.5 Å². The number of carboxylic acid groups (broad SMARTS) is 1. The van der Waals surface area contributed by atoms with E-state index in [-0.39, 0.29) is 23.4 Å². The minimum absolute atomic E-state index is 0.0236. The summed E-state index contributed by atoms with van der Waals surface area (Å²) in [6, 6.07) is 10.6. The van der Waals surface area contributed by atoms with E-state index in [9.17, 15) is 27.9 Å². The molecule has 1 atom stereocenters. The van der Waals surface area contributed by atoms with Crippen LogP contribution in [0.3, 0.4) is 0 Å². The zero-order chi connectivity index (χ0) is 20.6. The van der Waals surface area contributed by atoms with Crippen LogP contribution in [-0.4, -0.2) is 11.9 Å². The predicted molar refractivity (Wildman–Crippen MR) is 95.4 cm³/mol. The van der Waals surface area contributed by atoms with Crippen LogP contribution in [0.2, 0.25) is 5.02 Å². The van der Waals surface area contributed by atoms with Crippen LogP contribution in [0, 0.1) is 0 Å². The number of hydrogen-bond donors (Lipinski definition) is 0. The van der Waals surface area contributed by atoms with Gasteiger partial charge in [-0.3, -0.25) is 9.69 Å². The number of halogens is 4. The van der Waals surface area contributed by atoms with Crippen molar-refractivity contribution in [2.45, 2.75) is 25.4 Å². The Balaban J connectivity index is 2.11. The summed E-state index contributed by atoms with van der Waals surface area (Å²) < 4.78 is 39.1. The normalized spacial score (nSPS) is 17.8. The number of carboxylic acids is 1. The van der Waals surface area contributed by atoms with Gasteiger partial charge in [-0.2, -0.15) is 13.2 Å². The maximum absolute atomic E-state index is 13.0. The second kappa shape index (κ2) is 7.31. The SMILES string of the molecule is CC1=C(C(=O)[O-])C(c2ccc(Cl)cc2)CC(=O)N1c1cccc(C(F)(F)F)c1. The van der Waals surface area contributed by atoms with Crippen molar-refractivity contribution in [1.82, 2.24) is 0 Å². The third-order valence-electron chi connectivity index (χ3n) is 4.63. The third-order valence-corrected chi connectivity index (χ3v) is 4.88. The van der Waals surface area contributed by atoms with Crippen molar-refractivity contribution in [3.63, 3.8) is 0 Å². The molecule has 0 N–H and O–H groups in total. The molecule has 1 amide bonds. The van der Waals surface area contributed by atoms with Crippen LogP contribution in [-0.2, 0) is 15.8 Å². The van der Waals surface area contributed by atoms with Crippen molar-refractivity contribution in [2.75, 3.05) is 4.90 Å².